The first-order valence-electron chi connectivity index (χ1n) is 5.17. The summed E-state index contributed by atoms with van der Waals surface area (Å²) in [7, 11) is 0. The molecule has 1 aromatic heterocycles. The van der Waals surface area contributed by atoms with Crippen molar-refractivity contribution in [3.8, 4) is 0 Å². The van der Waals surface area contributed by atoms with E-state index in [9.17, 15) is 0 Å². The van der Waals surface area contributed by atoms with Crippen molar-refractivity contribution in [1.82, 2.24) is 4.57 Å². The topological polar surface area (TPSA) is 30.9 Å². The fourth-order valence-electron chi connectivity index (χ4n) is 1.51. The van der Waals surface area contributed by atoms with Crippen LogP contribution in [0.25, 0.3) is 0 Å². The third-order valence-electron chi connectivity index (χ3n) is 2.38. The van der Waals surface area contributed by atoms with Gasteiger partial charge in [-0.3, -0.25) is 0 Å². The van der Waals surface area contributed by atoms with E-state index >= 15 is 0 Å². The van der Waals surface area contributed by atoms with Gasteiger partial charge in [0.25, 0.3) is 0 Å². The molecular weight excluding hydrogens is 160 g/mol. The van der Waals surface area contributed by atoms with E-state index in [1.807, 2.05) is 0 Å². The Morgan fingerprint density at radius 1 is 1.46 bits per heavy atom. The predicted octanol–water partition coefficient (Wildman–Crippen LogP) is 2.18. The highest BCUT2D eigenvalue weighted by atomic mass is 15.0. The molecule has 1 aromatic rings. The van der Waals surface area contributed by atoms with E-state index in [2.05, 4.69) is 36.7 Å². The number of aromatic nitrogens is 1. The molecule has 2 N–H and O–H groups in total. The van der Waals surface area contributed by atoms with Crippen molar-refractivity contribution in [2.45, 2.75) is 45.7 Å². The molecule has 0 aliphatic heterocycles. The third-order valence-corrected chi connectivity index (χ3v) is 2.38. The second kappa shape index (κ2) is 5.07. The van der Waals surface area contributed by atoms with Crippen LogP contribution in [0.3, 0.4) is 0 Å². The summed E-state index contributed by atoms with van der Waals surface area (Å²) in [6, 6.07) is 4.59. The highest BCUT2D eigenvalue weighted by Crippen LogP contribution is 2.07. The van der Waals surface area contributed by atoms with E-state index in [0.717, 1.165) is 19.4 Å². The van der Waals surface area contributed by atoms with Crippen LogP contribution < -0.4 is 5.73 Å². The second-order valence-electron chi connectivity index (χ2n) is 3.57. The molecule has 2 heteroatoms. The molecule has 0 spiro atoms. The van der Waals surface area contributed by atoms with Crippen molar-refractivity contribution in [2.24, 2.45) is 5.73 Å². The number of nitrogens with two attached hydrogens (primary N) is 1. The van der Waals surface area contributed by atoms with Crippen molar-refractivity contribution in [2.75, 3.05) is 0 Å². The highest BCUT2D eigenvalue weighted by Gasteiger charge is 2.04. The summed E-state index contributed by atoms with van der Waals surface area (Å²) >= 11 is 0. The molecule has 1 atom stereocenters. The van der Waals surface area contributed by atoms with Crippen LogP contribution in [-0.4, -0.2) is 10.6 Å². The number of rotatable bonds is 5. The maximum atomic E-state index is 5.92. The van der Waals surface area contributed by atoms with Crippen molar-refractivity contribution in [3.05, 3.63) is 24.0 Å². The van der Waals surface area contributed by atoms with Gasteiger partial charge in [0.15, 0.2) is 0 Å². The summed E-state index contributed by atoms with van der Waals surface area (Å²) in [5.41, 5.74) is 7.29. The molecule has 13 heavy (non-hydrogen) atoms. The zero-order valence-corrected chi connectivity index (χ0v) is 8.66. The normalized spacial score (nSPS) is 13.2. The maximum absolute atomic E-state index is 5.92. The van der Waals surface area contributed by atoms with Gasteiger partial charge in [0.05, 0.1) is 0 Å². The van der Waals surface area contributed by atoms with E-state index in [0.29, 0.717) is 6.04 Å². The Morgan fingerprint density at radius 2 is 2.23 bits per heavy atom. The van der Waals surface area contributed by atoms with Crippen LogP contribution >= 0.6 is 0 Å². The standard InChI is InChI=1S/C11H20N2/c1-3-7-13-8-5-6-11(13)9-10(12)4-2/h5-6,8,10H,3-4,7,9,12H2,1-2H3. The molecule has 2 nitrogen and oxygen atoms in total. The molecule has 0 saturated heterocycles. The lowest BCUT2D eigenvalue weighted by Crippen LogP contribution is -2.22. The summed E-state index contributed by atoms with van der Waals surface area (Å²) in [6.45, 7) is 5.44. The Kier molecular flexibility index (Phi) is 4.03. The van der Waals surface area contributed by atoms with Gasteiger partial charge >= 0.3 is 0 Å². The average Bonchev–Trinajstić information content (AvgIpc) is 2.54. The van der Waals surface area contributed by atoms with Gasteiger partial charge in [-0.05, 0) is 25.0 Å². The van der Waals surface area contributed by atoms with E-state index in [1.165, 1.54) is 12.1 Å². The SMILES string of the molecule is CCCn1cccc1CC(N)CC. The van der Waals surface area contributed by atoms with Gasteiger partial charge in [-0.25, -0.2) is 0 Å². The van der Waals surface area contributed by atoms with E-state index in [1.54, 1.807) is 0 Å². The molecule has 0 aliphatic rings. The van der Waals surface area contributed by atoms with Crippen LogP contribution in [0.4, 0.5) is 0 Å². The minimum Gasteiger partial charge on any atom is -0.351 e. The average molecular weight is 180 g/mol. The Balaban J connectivity index is 2.59. The van der Waals surface area contributed by atoms with Crippen molar-refractivity contribution in [3.63, 3.8) is 0 Å². The lowest BCUT2D eigenvalue weighted by Gasteiger charge is -2.11. The van der Waals surface area contributed by atoms with Crippen molar-refractivity contribution in [1.29, 1.82) is 0 Å². The summed E-state index contributed by atoms with van der Waals surface area (Å²) < 4.78 is 2.30. The Morgan fingerprint density at radius 3 is 2.85 bits per heavy atom. The minimum absolute atomic E-state index is 0.311. The van der Waals surface area contributed by atoms with Crippen molar-refractivity contribution >= 4 is 0 Å². The van der Waals surface area contributed by atoms with Gasteiger partial charge in [0.2, 0.25) is 0 Å². The molecule has 1 heterocycles. The largest absolute Gasteiger partial charge is 0.351 e. The number of hydrogen-bond donors (Lipinski definition) is 1. The van der Waals surface area contributed by atoms with Crippen LogP contribution in [0.15, 0.2) is 18.3 Å². The lowest BCUT2D eigenvalue weighted by atomic mass is 10.1. The Bertz CT molecular complexity index is 240. The van der Waals surface area contributed by atoms with Crippen molar-refractivity contribution < 1.29 is 0 Å². The van der Waals surface area contributed by atoms with E-state index < -0.39 is 0 Å². The van der Waals surface area contributed by atoms with Crippen LogP contribution in [-0.2, 0) is 13.0 Å². The van der Waals surface area contributed by atoms with Crippen LogP contribution in [0, 0.1) is 0 Å². The predicted molar refractivity (Wildman–Crippen MR) is 56.7 cm³/mol. The summed E-state index contributed by atoms with van der Waals surface area (Å²) in [5.74, 6) is 0. The maximum Gasteiger partial charge on any atom is 0.0219 e. The molecule has 0 saturated carbocycles. The molecule has 74 valence electrons. The van der Waals surface area contributed by atoms with Gasteiger partial charge < -0.3 is 10.3 Å². The highest BCUT2D eigenvalue weighted by molar-refractivity contribution is 5.08. The fraction of sp³-hybridized carbons (Fsp3) is 0.636. The number of aryl methyl sites for hydroxylation is 1. The zero-order valence-electron chi connectivity index (χ0n) is 8.66. The number of hydrogen-bond acceptors (Lipinski definition) is 1. The van der Waals surface area contributed by atoms with E-state index in [4.69, 9.17) is 5.73 Å². The van der Waals surface area contributed by atoms with E-state index in [-0.39, 0.29) is 0 Å². The lowest BCUT2D eigenvalue weighted by molar-refractivity contribution is 0.586. The second-order valence-corrected chi connectivity index (χ2v) is 3.57. The minimum atomic E-state index is 0.311. The van der Waals surface area contributed by atoms with Gasteiger partial charge in [0, 0.05) is 30.9 Å². The molecule has 0 radical (unpaired) electrons. The number of nitrogens with zero attached hydrogens (tertiary/aromatic N) is 1. The van der Waals surface area contributed by atoms with Gasteiger partial charge in [-0.1, -0.05) is 13.8 Å². The quantitative estimate of drug-likeness (QED) is 0.739. The molecule has 0 fully saturated rings. The first-order chi connectivity index (χ1) is 6.27. The van der Waals surface area contributed by atoms with Gasteiger partial charge in [-0.15, -0.1) is 0 Å². The van der Waals surface area contributed by atoms with Gasteiger partial charge in [-0.2, -0.15) is 0 Å². The smallest absolute Gasteiger partial charge is 0.0219 e. The molecule has 1 rings (SSSR count). The molecular formula is C11H20N2. The van der Waals surface area contributed by atoms with Crippen LogP contribution in [0.5, 0.6) is 0 Å². The molecule has 0 aromatic carbocycles. The third kappa shape index (κ3) is 2.88. The van der Waals surface area contributed by atoms with Crippen LogP contribution in [0.2, 0.25) is 0 Å². The monoisotopic (exact) mass is 180 g/mol. The molecule has 0 bridgehead atoms. The fourth-order valence-corrected chi connectivity index (χ4v) is 1.51. The first-order valence-corrected chi connectivity index (χ1v) is 5.17. The summed E-state index contributed by atoms with van der Waals surface area (Å²) in [4.78, 5) is 0. The van der Waals surface area contributed by atoms with Crippen LogP contribution in [0.1, 0.15) is 32.4 Å². The summed E-state index contributed by atoms with van der Waals surface area (Å²) in [5, 5.41) is 0. The molecule has 0 aliphatic carbocycles. The van der Waals surface area contributed by atoms with Gasteiger partial charge in [0.1, 0.15) is 0 Å². The summed E-state index contributed by atoms with van der Waals surface area (Å²) in [6.07, 6.45) is 5.38. The molecule has 1 unspecified atom stereocenters. The molecule has 0 amide bonds. The first kappa shape index (κ1) is 10.3. The Labute approximate surface area is 80.7 Å². The Hall–Kier alpha value is -0.760. The zero-order chi connectivity index (χ0) is 9.68.